The Morgan fingerprint density at radius 3 is 2.39 bits per heavy atom. The molecular formula is C21H35N5O2. The molecule has 0 aliphatic carbocycles. The molecule has 1 aromatic heterocycles. The van der Waals surface area contributed by atoms with Gasteiger partial charge in [-0.3, -0.25) is 14.5 Å². The van der Waals surface area contributed by atoms with E-state index in [1.807, 2.05) is 26.8 Å². The van der Waals surface area contributed by atoms with Gasteiger partial charge in [-0.2, -0.15) is 0 Å². The first-order valence-corrected chi connectivity index (χ1v) is 10.2. The number of nitrogens with one attached hydrogen (secondary N) is 1. The van der Waals surface area contributed by atoms with E-state index >= 15 is 0 Å². The molecule has 1 aliphatic rings. The Balaban J connectivity index is 1.81. The molecule has 7 heteroatoms. The van der Waals surface area contributed by atoms with Gasteiger partial charge in [0, 0.05) is 68.8 Å². The quantitative estimate of drug-likeness (QED) is 0.735. The topological polar surface area (TPSA) is 78.4 Å². The lowest BCUT2D eigenvalue weighted by Crippen LogP contribution is -2.49. The van der Waals surface area contributed by atoms with Crippen LogP contribution in [0, 0.1) is 6.92 Å². The number of hydrogen-bond donors (Lipinski definition) is 1. The van der Waals surface area contributed by atoms with E-state index in [0.717, 1.165) is 50.1 Å². The predicted molar refractivity (Wildman–Crippen MR) is 112 cm³/mol. The number of piperazine rings is 1. The lowest BCUT2D eigenvalue weighted by atomic mass is 9.98. The number of Topliss-reactive ketones (excluding diaryl/α,β-unsaturated/α-hetero) is 1. The summed E-state index contributed by atoms with van der Waals surface area (Å²) in [7, 11) is 0. The van der Waals surface area contributed by atoms with Crippen LogP contribution < -0.4 is 10.2 Å². The molecule has 156 valence electrons. The lowest BCUT2D eigenvalue weighted by molar-refractivity contribution is -0.124. The van der Waals surface area contributed by atoms with Gasteiger partial charge < -0.3 is 10.2 Å². The van der Waals surface area contributed by atoms with Gasteiger partial charge in [-0.15, -0.1) is 0 Å². The number of carbonyl (C=O) groups excluding carboxylic acids is 2. The van der Waals surface area contributed by atoms with Gasteiger partial charge in [0.05, 0.1) is 0 Å². The summed E-state index contributed by atoms with van der Waals surface area (Å²) in [6.45, 7) is 15.9. The molecule has 1 saturated heterocycles. The van der Waals surface area contributed by atoms with E-state index in [-0.39, 0.29) is 11.7 Å². The van der Waals surface area contributed by atoms with Crippen LogP contribution in [0.5, 0.6) is 0 Å². The van der Waals surface area contributed by atoms with Crippen molar-refractivity contribution in [2.75, 3.05) is 37.6 Å². The van der Waals surface area contributed by atoms with Gasteiger partial charge >= 0.3 is 0 Å². The Morgan fingerprint density at radius 2 is 1.82 bits per heavy atom. The van der Waals surface area contributed by atoms with Crippen LogP contribution in [0.25, 0.3) is 0 Å². The van der Waals surface area contributed by atoms with Crippen molar-refractivity contribution < 1.29 is 9.59 Å². The minimum absolute atomic E-state index is 0.00156. The summed E-state index contributed by atoms with van der Waals surface area (Å²) in [6.07, 6.45) is 0.805. The standard InChI is InChI=1S/C21H35N5O2/c1-15(2)20-22-16(3)13-18(23-20)26-11-9-25(10-12-26)8-7-19(28)24-21(5,6)14-17(4)27/h13,15H,7-12,14H2,1-6H3,(H,24,28). The van der Waals surface area contributed by atoms with Crippen LogP contribution >= 0.6 is 0 Å². The maximum Gasteiger partial charge on any atom is 0.221 e. The third-order valence-electron chi connectivity index (χ3n) is 4.89. The molecule has 0 aromatic carbocycles. The molecule has 1 fully saturated rings. The third kappa shape index (κ3) is 6.86. The van der Waals surface area contributed by atoms with Crippen molar-refractivity contribution in [3.05, 3.63) is 17.6 Å². The van der Waals surface area contributed by atoms with E-state index in [1.54, 1.807) is 6.92 Å². The molecule has 7 nitrogen and oxygen atoms in total. The minimum Gasteiger partial charge on any atom is -0.354 e. The molecule has 1 N–H and O–H groups in total. The Kier molecular flexibility index (Phi) is 7.52. The molecule has 1 aliphatic heterocycles. The van der Waals surface area contributed by atoms with Crippen molar-refractivity contribution in [1.82, 2.24) is 20.2 Å². The van der Waals surface area contributed by atoms with Crippen LogP contribution in [0.4, 0.5) is 5.82 Å². The first-order valence-electron chi connectivity index (χ1n) is 10.2. The number of aromatic nitrogens is 2. The summed E-state index contributed by atoms with van der Waals surface area (Å²) < 4.78 is 0. The van der Waals surface area contributed by atoms with Crippen molar-refractivity contribution in [2.45, 2.75) is 65.8 Å². The number of aryl methyl sites for hydroxylation is 1. The molecule has 0 saturated carbocycles. The Bertz CT molecular complexity index is 694. The van der Waals surface area contributed by atoms with E-state index in [4.69, 9.17) is 4.98 Å². The van der Waals surface area contributed by atoms with Crippen LogP contribution in [0.3, 0.4) is 0 Å². The summed E-state index contributed by atoms with van der Waals surface area (Å²) in [5.74, 6) is 2.29. The highest BCUT2D eigenvalue weighted by molar-refractivity contribution is 5.80. The smallest absolute Gasteiger partial charge is 0.221 e. The molecule has 2 heterocycles. The van der Waals surface area contributed by atoms with E-state index in [9.17, 15) is 9.59 Å². The maximum atomic E-state index is 12.2. The van der Waals surface area contributed by atoms with Gasteiger partial charge in [-0.05, 0) is 27.7 Å². The minimum atomic E-state index is -0.486. The highest BCUT2D eigenvalue weighted by atomic mass is 16.2. The van der Waals surface area contributed by atoms with Crippen molar-refractivity contribution in [3.8, 4) is 0 Å². The van der Waals surface area contributed by atoms with Gasteiger partial charge in [-0.25, -0.2) is 9.97 Å². The number of amides is 1. The molecule has 0 unspecified atom stereocenters. The van der Waals surface area contributed by atoms with Crippen molar-refractivity contribution in [2.24, 2.45) is 0 Å². The normalized spacial score (nSPS) is 15.8. The second-order valence-corrected chi connectivity index (χ2v) is 8.77. The van der Waals surface area contributed by atoms with Crippen LogP contribution in [0.15, 0.2) is 6.07 Å². The van der Waals surface area contributed by atoms with Gasteiger partial charge in [0.15, 0.2) is 0 Å². The average molecular weight is 390 g/mol. The van der Waals surface area contributed by atoms with Crippen LogP contribution in [-0.2, 0) is 9.59 Å². The highest BCUT2D eigenvalue weighted by Gasteiger charge is 2.24. The number of carbonyl (C=O) groups is 2. The Hall–Kier alpha value is -2.02. The molecule has 2 rings (SSSR count). The first kappa shape index (κ1) is 22.3. The average Bonchev–Trinajstić information content (AvgIpc) is 2.58. The van der Waals surface area contributed by atoms with Crippen molar-refractivity contribution >= 4 is 17.5 Å². The van der Waals surface area contributed by atoms with E-state index < -0.39 is 5.54 Å². The van der Waals surface area contributed by atoms with E-state index in [1.165, 1.54) is 0 Å². The molecule has 28 heavy (non-hydrogen) atoms. The molecule has 0 atom stereocenters. The summed E-state index contributed by atoms with van der Waals surface area (Å²) in [5, 5.41) is 2.97. The molecule has 0 bridgehead atoms. The SMILES string of the molecule is CC(=O)CC(C)(C)NC(=O)CCN1CCN(c2cc(C)nc(C(C)C)n2)CC1. The zero-order chi connectivity index (χ0) is 20.9. The Morgan fingerprint density at radius 1 is 1.18 bits per heavy atom. The van der Waals surface area contributed by atoms with Gasteiger partial charge in [0.25, 0.3) is 0 Å². The molecule has 0 radical (unpaired) electrons. The fourth-order valence-electron chi connectivity index (χ4n) is 3.56. The highest BCUT2D eigenvalue weighted by Crippen LogP contribution is 2.19. The second kappa shape index (κ2) is 9.45. The largest absolute Gasteiger partial charge is 0.354 e. The zero-order valence-corrected chi connectivity index (χ0v) is 18.2. The van der Waals surface area contributed by atoms with Gasteiger partial charge in [0.2, 0.25) is 5.91 Å². The lowest BCUT2D eigenvalue weighted by Gasteiger charge is -2.35. The summed E-state index contributed by atoms with van der Waals surface area (Å²) >= 11 is 0. The number of rotatable bonds is 8. The van der Waals surface area contributed by atoms with Gasteiger partial charge in [-0.1, -0.05) is 13.8 Å². The number of ketones is 1. The second-order valence-electron chi connectivity index (χ2n) is 8.77. The van der Waals surface area contributed by atoms with Crippen molar-refractivity contribution in [3.63, 3.8) is 0 Å². The fourth-order valence-corrected chi connectivity index (χ4v) is 3.56. The van der Waals surface area contributed by atoms with Crippen LogP contribution in [-0.4, -0.2) is 64.8 Å². The van der Waals surface area contributed by atoms with Gasteiger partial charge in [0.1, 0.15) is 17.4 Å². The number of hydrogen-bond acceptors (Lipinski definition) is 6. The Labute approximate surface area is 168 Å². The summed E-state index contributed by atoms with van der Waals surface area (Å²) in [5.41, 5.74) is 0.515. The third-order valence-corrected chi connectivity index (χ3v) is 4.89. The first-order chi connectivity index (χ1) is 13.1. The monoisotopic (exact) mass is 389 g/mol. The zero-order valence-electron chi connectivity index (χ0n) is 18.2. The molecule has 0 spiro atoms. The number of nitrogens with zero attached hydrogens (tertiary/aromatic N) is 4. The van der Waals surface area contributed by atoms with E-state index in [0.29, 0.717) is 18.8 Å². The molecular weight excluding hydrogens is 354 g/mol. The van der Waals surface area contributed by atoms with Crippen LogP contribution in [0.1, 0.15) is 64.9 Å². The van der Waals surface area contributed by atoms with Crippen LogP contribution in [0.2, 0.25) is 0 Å². The van der Waals surface area contributed by atoms with Crippen molar-refractivity contribution in [1.29, 1.82) is 0 Å². The maximum absolute atomic E-state index is 12.2. The molecule has 1 amide bonds. The predicted octanol–water partition coefficient (Wildman–Crippen LogP) is 2.29. The fraction of sp³-hybridized carbons (Fsp3) is 0.714. The molecule has 1 aromatic rings. The summed E-state index contributed by atoms with van der Waals surface area (Å²) in [4.78, 5) is 37.4. The number of anilines is 1. The van der Waals surface area contributed by atoms with E-state index in [2.05, 4.69) is 33.9 Å². The summed E-state index contributed by atoms with van der Waals surface area (Å²) in [6, 6.07) is 2.05.